The smallest absolute Gasteiger partial charge is 0.305 e. The maximum Gasteiger partial charge on any atom is 0.305 e. The van der Waals surface area contributed by atoms with Crippen LogP contribution >= 0.6 is 24.0 Å². The average Bonchev–Trinajstić information content (AvgIpc) is 2.88. The second-order valence-corrected chi connectivity index (χ2v) is 7.95. The maximum atomic E-state index is 12.5. The second kappa shape index (κ2) is 10.5. The van der Waals surface area contributed by atoms with E-state index in [0.29, 0.717) is 35.2 Å². The molecule has 1 aromatic rings. The first-order valence-corrected chi connectivity index (χ1v) is 10.2. The van der Waals surface area contributed by atoms with Crippen LogP contribution in [0, 0.1) is 6.92 Å². The molecule has 1 amide bonds. The van der Waals surface area contributed by atoms with Crippen LogP contribution in [0.4, 0.5) is 0 Å². The minimum absolute atomic E-state index is 0.0862. The highest BCUT2D eigenvalue weighted by molar-refractivity contribution is 8.26. The molecule has 2 rings (SSSR count). The fraction of sp³-hybridized carbons (Fsp3) is 0.450. The first kappa shape index (κ1) is 20.6. The molecular formula is C20H25NO3S2. The molecule has 0 spiro atoms. The van der Waals surface area contributed by atoms with Gasteiger partial charge in [0.2, 0.25) is 0 Å². The van der Waals surface area contributed by atoms with Crippen molar-refractivity contribution >= 4 is 46.3 Å². The molecule has 0 radical (unpaired) electrons. The summed E-state index contributed by atoms with van der Waals surface area (Å²) >= 11 is 6.63. The van der Waals surface area contributed by atoms with Crippen molar-refractivity contribution in [2.24, 2.45) is 0 Å². The summed E-state index contributed by atoms with van der Waals surface area (Å²) < 4.78 is 5.73. The topological polar surface area (TPSA) is 46.6 Å². The standard InChI is InChI=1S/C20H25NO3S2/c1-3-4-5-13-24-18(22)7-6-12-21-19(23)17(26-20(21)25)14-16-10-8-15(2)9-11-16/h8-11,14H,3-7,12-13H2,1-2H3/b17-14+. The highest BCUT2D eigenvalue weighted by Crippen LogP contribution is 2.32. The number of hydrogen-bond donors (Lipinski definition) is 0. The summed E-state index contributed by atoms with van der Waals surface area (Å²) in [7, 11) is 0. The third-order valence-electron chi connectivity index (χ3n) is 4.02. The summed E-state index contributed by atoms with van der Waals surface area (Å²) in [6.07, 6.45) is 5.79. The van der Waals surface area contributed by atoms with Gasteiger partial charge in [0.05, 0.1) is 11.5 Å². The van der Waals surface area contributed by atoms with E-state index >= 15 is 0 Å². The van der Waals surface area contributed by atoms with Crippen LogP contribution in [-0.2, 0) is 14.3 Å². The number of nitrogens with zero attached hydrogens (tertiary/aromatic N) is 1. The number of carbonyl (C=O) groups excluding carboxylic acids is 2. The Bertz CT molecular complexity index is 683. The Morgan fingerprint density at radius 2 is 1.96 bits per heavy atom. The van der Waals surface area contributed by atoms with E-state index in [1.165, 1.54) is 17.3 Å². The SMILES string of the molecule is CCCCCOC(=O)CCCN1C(=O)/C(=C\c2ccc(C)cc2)SC1=S. The van der Waals surface area contributed by atoms with Crippen molar-refractivity contribution in [2.75, 3.05) is 13.2 Å². The lowest BCUT2D eigenvalue weighted by atomic mass is 10.1. The summed E-state index contributed by atoms with van der Waals surface area (Å²) in [5, 5.41) is 0. The first-order valence-electron chi connectivity index (χ1n) is 8.99. The molecule has 1 aromatic carbocycles. The number of hydrogen-bond acceptors (Lipinski definition) is 5. The van der Waals surface area contributed by atoms with Crippen molar-refractivity contribution < 1.29 is 14.3 Å². The van der Waals surface area contributed by atoms with Crippen molar-refractivity contribution in [1.82, 2.24) is 4.90 Å². The van der Waals surface area contributed by atoms with Gasteiger partial charge in [-0.3, -0.25) is 14.5 Å². The van der Waals surface area contributed by atoms with Crippen LogP contribution in [0.1, 0.15) is 50.2 Å². The van der Waals surface area contributed by atoms with Gasteiger partial charge in [-0.15, -0.1) is 0 Å². The quantitative estimate of drug-likeness (QED) is 0.264. The minimum Gasteiger partial charge on any atom is -0.466 e. The molecule has 1 heterocycles. The lowest BCUT2D eigenvalue weighted by Gasteiger charge is -2.13. The zero-order chi connectivity index (χ0) is 18.9. The Hall–Kier alpha value is -1.66. The maximum absolute atomic E-state index is 12.5. The fourth-order valence-electron chi connectivity index (χ4n) is 2.50. The summed E-state index contributed by atoms with van der Waals surface area (Å²) in [5.74, 6) is -0.293. The Kier molecular flexibility index (Phi) is 8.32. The monoisotopic (exact) mass is 391 g/mol. The van der Waals surface area contributed by atoms with Crippen LogP contribution in [0.25, 0.3) is 6.08 Å². The van der Waals surface area contributed by atoms with Gasteiger partial charge in [0.25, 0.3) is 5.91 Å². The lowest BCUT2D eigenvalue weighted by molar-refractivity contribution is -0.144. The van der Waals surface area contributed by atoms with Gasteiger partial charge in [0.15, 0.2) is 0 Å². The zero-order valence-electron chi connectivity index (χ0n) is 15.3. The normalized spacial score (nSPS) is 15.8. The Labute approximate surface area is 165 Å². The Morgan fingerprint density at radius 3 is 2.65 bits per heavy atom. The average molecular weight is 392 g/mol. The second-order valence-electron chi connectivity index (χ2n) is 6.28. The summed E-state index contributed by atoms with van der Waals surface area (Å²) in [6.45, 7) is 5.06. The number of unbranched alkanes of at least 4 members (excludes halogenated alkanes) is 2. The molecule has 0 unspecified atom stereocenters. The van der Waals surface area contributed by atoms with Crippen molar-refractivity contribution in [3.63, 3.8) is 0 Å². The number of amides is 1. The van der Waals surface area contributed by atoms with Crippen molar-refractivity contribution in [3.8, 4) is 0 Å². The summed E-state index contributed by atoms with van der Waals surface area (Å²) in [6, 6.07) is 7.99. The highest BCUT2D eigenvalue weighted by atomic mass is 32.2. The number of thioether (sulfide) groups is 1. The van der Waals surface area contributed by atoms with Gasteiger partial charge in [-0.2, -0.15) is 0 Å². The van der Waals surface area contributed by atoms with Crippen LogP contribution in [0.5, 0.6) is 0 Å². The van der Waals surface area contributed by atoms with E-state index in [9.17, 15) is 9.59 Å². The van der Waals surface area contributed by atoms with E-state index < -0.39 is 0 Å². The number of esters is 1. The summed E-state index contributed by atoms with van der Waals surface area (Å²) in [5.41, 5.74) is 2.16. The van der Waals surface area contributed by atoms with Crippen LogP contribution < -0.4 is 0 Å². The molecule has 4 nitrogen and oxygen atoms in total. The van der Waals surface area contributed by atoms with E-state index in [2.05, 4.69) is 6.92 Å². The van der Waals surface area contributed by atoms with Gasteiger partial charge in [-0.25, -0.2) is 0 Å². The third-order valence-corrected chi connectivity index (χ3v) is 5.40. The largest absolute Gasteiger partial charge is 0.466 e. The van der Waals surface area contributed by atoms with Crippen LogP contribution in [0.3, 0.4) is 0 Å². The zero-order valence-corrected chi connectivity index (χ0v) is 17.0. The summed E-state index contributed by atoms with van der Waals surface area (Å²) in [4.78, 5) is 26.4. The molecule has 26 heavy (non-hydrogen) atoms. The number of carbonyl (C=O) groups is 2. The van der Waals surface area contributed by atoms with Crippen molar-refractivity contribution in [2.45, 2.75) is 46.0 Å². The molecular weight excluding hydrogens is 366 g/mol. The predicted molar refractivity (Wildman–Crippen MR) is 111 cm³/mol. The van der Waals surface area contributed by atoms with Gasteiger partial charge in [0, 0.05) is 13.0 Å². The van der Waals surface area contributed by atoms with E-state index in [1.54, 1.807) is 4.90 Å². The number of thiocarbonyl (C=S) groups is 1. The molecule has 1 saturated heterocycles. The number of benzene rings is 1. The minimum atomic E-state index is -0.207. The molecule has 0 atom stereocenters. The molecule has 0 bridgehead atoms. The Balaban J connectivity index is 1.81. The van der Waals surface area contributed by atoms with Crippen LogP contribution in [0.2, 0.25) is 0 Å². The number of ether oxygens (including phenoxy) is 1. The lowest BCUT2D eigenvalue weighted by Crippen LogP contribution is -2.29. The molecule has 1 aliphatic heterocycles. The molecule has 1 aliphatic rings. The molecule has 0 aromatic heterocycles. The molecule has 0 saturated carbocycles. The van der Waals surface area contributed by atoms with Gasteiger partial charge in [-0.05, 0) is 31.4 Å². The van der Waals surface area contributed by atoms with Crippen LogP contribution in [0.15, 0.2) is 29.2 Å². The van der Waals surface area contributed by atoms with Gasteiger partial charge < -0.3 is 4.74 Å². The van der Waals surface area contributed by atoms with E-state index in [-0.39, 0.29) is 11.9 Å². The van der Waals surface area contributed by atoms with E-state index in [4.69, 9.17) is 17.0 Å². The molecule has 1 fully saturated rings. The molecule has 0 aliphatic carbocycles. The van der Waals surface area contributed by atoms with Crippen LogP contribution in [-0.4, -0.2) is 34.2 Å². The number of rotatable bonds is 9. The van der Waals surface area contributed by atoms with E-state index in [0.717, 1.165) is 24.8 Å². The first-order chi connectivity index (χ1) is 12.5. The van der Waals surface area contributed by atoms with Gasteiger partial charge >= 0.3 is 5.97 Å². The molecule has 0 N–H and O–H groups in total. The third kappa shape index (κ3) is 6.25. The van der Waals surface area contributed by atoms with Gasteiger partial charge in [-0.1, -0.05) is 73.6 Å². The molecule has 6 heteroatoms. The van der Waals surface area contributed by atoms with Crippen molar-refractivity contribution in [3.05, 3.63) is 40.3 Å². The predicted octanol–water partition coefficient (Wildman–Crippen LogP) is 4.71. The molecule has 140 valence electrons. The van der Waals surface area contributed by atoms with Gasteiger partial charge in [0.1, 0.15) is 4.32 Å². The Morgan fingerprint density at radius 1 is 1.23 bits per heavy atom. The van der Waals surface area contributed by atoms with Crippen molar-refractivity contribution in [1.29, 1.82) is 0 Å². The van der Waals surface area contributed by atoms with E-state index in [1.807, 2.05) is 37.3 Å². The highest BCUT2D eigenvalue weighted by Gasteiger charge is 2.31. The number of aryl methyl sites for hydroxylation is 1. The fourth-order valence-corrected chi connectivity index (χ4v) is 3.81.